The maximum Gasteiger partial charge on any atom is 0.241 e. The van der Waals surface area contributed by atoms with E-state index in [0.29, 0.717) is 5.75 Å². The molecule has 1 aromatic carbocycles. The van der Waals surface area contributed by atoms with Gasteiger partial charge in [0.25, 0.3) is 0 Å². The van der Waals surface area contributed by atoms with E-state index in [9.17, 15) is 4.79 Å². The molecule has 130 valence electrons. The summed E-state index contributed by atoms with van der Waals surface area (Å²) in [4.78, 5) is 15.0. The van der Waals surface area contributed by atoms with Gasteiger partial charge >= 0.3 is 0 Å². The summed E-state index contributed by atoms with van der Waals surface area (Å²) in [6.07, 6.45) is 6.70. The van der Waals surface area contributed by atoms with E-state index in [1.54, 1.807) is 0 Å². The van der Waals surface area contributed by atoms with Crippen molar-refractivity contribution in [1.29, 1.82) is 0 Å². The summed E-state index contributed by atoms with van der Waals surface area (Å²) in [7, 11) is 0. The third kappa shape index (κ3) is 3.09. The average molecular weight is 330 g/mol. The fraction of sp³-hybridized carbons (Fsp3) is 0.632. The molecule has 3 aliphatic rings. The highest BCUT2D eigenvalue weighted by Gasteiger charge is 2.34. The van der Waals surface area contributed by atoms with Crippen molar-refractivity contribution in [3.05, 3.63) is 18.2 Å². The van der Waals surface area contributed by atoms with Gasteiger partial charge in [-0.3, -0.25) is 9.69 Å². The van der Waals surface area contributed by atoms with Gasteiger partial charge in [0.2, 0.25) is 12.7 Å². The number of benzene rings is 1. The van der Waals surface area contributed by atoms with Crippen LogP contribution in [0.5, 0.6) is 11.5 Å². The van der Waals surface area contributed by atoms with Crippen LogP contribution in [0.1, 0.15) is 39.0 Å². The Morgan fingerprint density at radius 3 is 2.83 bits per heavy atom. The van der Waals surface area contributed by atoms with Crippen molar-refractivity contribution in [2.45, 2.75) is 45.1 Å². The fourth-order valence-electron chi connectivity index (χ4n) is 4.37. The minimum absolute atomic E-state index is 0.0584. The maximum absolute atomic E-state index is 12.6. The summed E-state index contributed by atoms with van der Waals surface area (Å²) in [5.41, 5.74) is 0.767. The van der Waals surface area contributed by atoms with E-state index in [2.05, 4.69) is 10.2 Å². The van der Waals surface area contributed by atoms with Gasteiger partial charge in [-0.05, 0) is 50.3 Å². The number of rotatable bonds is 3. The van der Waals surface area contributed by atoms with Crippen LogP contribution in [0.4, 0.5) is 5.69 Å². The van der Waals surface area contributed by atoms with Gasteiger partial charge in [0, 0.05) is 18.3 Å². The van der Waals surface area contributed by atoms with E-state index >= 15 is 0 Å². The molecule has 0 aromatic heterocycles. The summed E-state index contributed by atoms with van der Waals surface area (Å²) in [5, 5.41) is 3.02. The Kier molecular flexibility index (Phi) is 4.35. The van der Waals surface area contributed by atoms with Gasteiger partial charge in [0.1, 0.15) is 0 Å². The van der Waals surface area contributed by atoms with E-state index < -0.39 is 0 Å². The second kappa shape index (κ2) is 6.63. The SMILES string of the molecule is CC(C(=O)Nc1ccc2c(c1)OCO2)N1CCC2CCCCC2C1. The molecule has 5 heteroatoms. The predicted molar refractivity (Wildman–Crippen MR) is 92.3 cm³/mol. The smallest absolute Gasteiger partial charge is 0.241 e. The lowest BCUT2D eigenvalue weighted by Gasteiger charge is -2.43. The highest BCUT2D eigenvalue weighted by atomic mass is 16.7. The second-order valence-electron chi connectivity index (χ2n) is 7.32. The zero-order chi connectivity index (χ0) is 16.5. The number of amides is 1. The van der Waals surface area contributed by atoms with Crippen LogP contribution in [0, 0.1) is 11.8 Å². The third-order valence-electron chi connectivity index (χ3n) is 5.89. The van der Waals surface area contributed by atoms with Crippen LogP contribution in [0.15, 0.2) is 18.2 Å². The molecule has 3 atom stereocenters. The van der Waals surface area contributed by atoms with Crippen LogP contribution in [0.3, 0.4) is 0 Å². The molecular formula is C19H26N2O3. The summed E-state index contributed by atoms with van der Waals surface area (Å²) >= 11 is 0. The number of carbonyl (C=O) groups excluding carboxylic acids is 1. The Morgan fingerprint density at radius 2 is 1.96 bits per heavy atom. The average Bonchev–Trinajstić information content (AvgIpc) is 3.08. The first-order valence-corrected chi connectivity index (χ1v) is 9.15. The van der Waals surface area contributed by atoms with Crippen molar-refractivity contribution < 1.29 is 14.3 Å². The van der Waals surface area contributed by atoms with Crippen LogP contribution >= 0.6 is 0 Å². The normalized spacial score (nSPS) is 27.4. The van der Waals surface area contributed by atoms with E-state index in [1.165, 1.54) is 32.1 Å². The first-order valence-electron chi connectivity index (χ1n) is 9.15. The molecular weight excluding hydrogens is 304 g/mol. The van der Waals surface area contributed by atoms with Gasteiger partial charge in [-0.25, -0.2) is 0 Å². The fourth-order valence-corrected chi connectivity index (χ4v) is 4.37. The first-order chi connectivity index (χ1) is 11.7. The molecule has 1 saturated carbocycles. The Hall–Kier alpha value is -1.75. The number of piperidine rings is 1. The molecule has 2 aliphatic heterocycles. The van der Waals surface area contributed by atoms with E-state index in [1.807, 2.05) is 25.1 Å². The van der Waals surface area contributed by atoms with Crippen LogP contribution < -0.4 is 14.8 Å². The molecule has 2 heterocycles. The number of carbonyl (C=O) groups is 1. The Labute approximate surface area is 143 Å². The highest BCUT2D eigenvalue weighted by molar-refractivity contribution is 5.94. The Morgan fingerprint density at radius 1 is 1.17 bits per heavy atom. The van der Waals surface area contributed by atoms with Gasteiger partial charge in [-0.2, -0.15) is 0 Å². The number of ether oxygens (including phenoxy) is 2. The zero-order valence-corrected chi connectivity index (χ0v) is 14.3. The number of hydrogen-bond acceptors (Lipinski definition) is 4. The molecule has 1 aromatic rings. The summed E-state index contributed by atoms with van der Waals surface area (Å²) in [6, 6.07) is 5.44. The molecule has 4 rings (SSSR count). The van der Waals surface area contributed by atoms with Gasteiger partial charge < -0.3 is 14.8 Å². The molecule has 24 heavy (non-hydrogen) atoms. The number of nitrogens with one attached hydrogen (secondary N) is 1. The molecule has 0 bridgehead atoms. The number of hydrogen-bond donors (Lipinski definition) is 1. The molecule has 1 aliphatic carbocycles. The number of anilines is 1. The summed E-state index contributed by atoms with van der Waals surface area (Å²) in [5.74, 6) is 3.17. The van der Waals surface area contributed by atoms with Crippen molar-refractivity contribution in [1.82, 2.24) is 4.90 Å². The van der Waals surface area contributed by atoms with Gasteiger partial charge in [0.15, 0.2) is 11.5 Å². The van der Waals surface area contributed by atoms with Crippen molar-refractivity contribution >= 4 is 11.6 Å². The molecule has 1 amide bonds. The van der Waals surface area contributed by atoms with Gasteiger partial charge in [-0.15, -0.1) is 0 Å². The third-order valence-corrected chi connectivity index (χ3v) is 5.89. The number of fused-ring (bicyclic) bond motifs is 2. The van der Waals surface area contributed by atoms with Crippen LogP contribution in [-0.2, 0) is 4.79 Å². The Bertz CT molecular complexity index is 619. The summed E-state index contributed by atoms with van der Waals surface area (Å²) in [6.45, 7) is 4.38. The lowest BCUT2D eigenvalue weighted by atomic mass is 9.75. The topological polar surface area (TPSA) is 50.8 Å². The highest BCUT2D eigenvalue weighted by Crippen LogP contribution is 2.37. The molecule has 0 radical (unpaired) electrons. The lowest BCUT2D eigenvalue weighted by Crippen LogP contribution is -2.49. The van der Waals surface area contributed by atoms with Crippen LogP contribution in [0.25, 0.3) is 0 Å². The van der Waals surface area contributed by atoms with Gasteiger partial charge in [-0.1, -0.05) is 19.3 Å². The Balaban J connectivity index is 1.37. The lowest BCUT2D eigenvalue weighted by molar-refractivity contribution is -0.122. The molecule has 1 N–H and O–H groups in total. The largest absolute Gasteiger partial charge is 0.454 e. The number of likely N-dealkylation sites (tertiary alicyclic amines) is 1. The maximum atomic E-state index is 12.6. The van der Waals surface area contributed by atoms with Crippen molar-refractivity contribution in [3.63, 3.8) is 0 Å². The van der Waals surface area contributed by atoms with Crippen LogP contribution in [-0.4, -0.2) is 36.7 Å². The zero-order valence-electron chi connectivity index (χ0n) is 14.3. The minimum atomic E-state index is -0.0988. The monoisotopic (exact) mass is 330 g/mol. The minimum Gasteiger partial charge on any atom is -0.454 e. The van der Waals surface area contributed by atoms with E-state index in [0.717, 1.165) is 36.4 Å². The predicted octanol–water partition coefficient (Wildman–Crippen LogP) is 3.25. The van der Waals surface area contributed by atoms with Crippen LogP contribution in [0.2, 0.25) is 0 Å². The van der Waals surface area contributed by atoms with E-state index in [-0.39, 0.29) is 18.7 Å². The van der Waals surface area contributed by atoms with E-state index in [4.69, 9.17) is 9.47 Å². The molecule has 2 fully saturated rings. The molecule has 0 spiro atoms. The van der Waals surface area contributed by atoms with Crippen molar-refractivity contribution in [3.8, 4) is 11.5 Å². The molecule has 3 unspecified atom stereocenters. The first kappa shape index (κ1) is 15.8. The standard InChI is InChI=1S/C19H26N2O3/c1-13(21-9-8-14-4-2-3-5-15(14)11-21)19(22)20-16-6-7-17-18(10-16)24-12-23-17/h6-7,10,13-15H,2-5,8-9,11-12H2,1H3,(H,20,22). The molecule has 1 saturated heterocycles. The van der Waals surface area contributed by atoms with Gasteiger partial charge in [0.05, 0.1) is 6.04 Å². The van der Waals surface area contributed by atoms with Crippen molar-refractivity contribution in [2.24, 2.45) is 11.8 Å². The molecule has 5 nitrogen and oxygen atoms in total. The summed E-state index contributed by atoms with van der Waals surface area (Å²) < 4.78 is 10.7. The number of nitrogens with zero attached hydrogens (tertiary/aromatic N) is 1. The van der Waals surface area contributed by atoms with Crippen molar-refractivity contribution in [2.75, 3.05) is 25.2 Å². The quantitative estimate of drug-likeness (QED) is 0.924. The second-order valence-corrected chi connectivity index (χ2v) is 7.32.